The number of hydrogen-bond acceptors (Lipinski definition) is 7. The van der Waals surface area contributed by atoms with E-state index in [1.54, 1.807) is 23.4 Å². The number of nitrogens with zero attached hydrogens (tertiary/aromatic N) is 4. The molecule has 2 heterocycles. The van der Waals surface area contributed by atoms with Crippen LogP contribution in [-0.2, 0) is 0 Å². The van der Waals surface area contributed by atoms with Crippen molar-refractivity contribution >= 4 is 28.6 Å². The van der Waals surface area contributed by atoms with Gasteiger partial charge in [-0.25, -0.2) is 14.4 Å². The highest BCUT2D eigenvalue weighted by atomic mass is 19.1. The average Bonchev–Trinajstić information content (AvgIpc) is 2.91. The van der Waals surface area contributed by atoms with E-state index in [1.807, 2.05) is 45.2 Å². The number of ether oxygens (including phenoxy) is 2. The largest absolute Gasteiger partial charge is 0.492 e. The molecule has 0 saturated heterocycles. The molecule has 0 spiro atoms. The van der Waals surface area contributed by atoms with Crippen molar-refractivity contribution in [2.75, 3.05) is 18.5 Å². The van der Waals surface area contributed by atoms with Gasteiger partial charge in [-0.2, -0.15) is 5.10 Å². The number of rotatable bonds is 11. The Morgan fingerprint density at radius 1 is 1.21 bits per heavy atom. The van der Waals surface area contributed by atoms with Gasteiger partial charge in [0.15, 0.2) is 0 Å². The molecule has 1 aromatic heterocycles. The lowest BCUT2D eigenvalue weighted by molar-refractivity contribution is 0.251. The standard InChI is InChI=1S/C30H36FN5O2/c1-6-8-9-20(3)18-37-29-21(4)10-11-25-28(29)30(33-19-32-25)35-26-16-22(5)27(17-24(26)31)38-23-12-14-36(15-13-23)34-7-2/h7,10-14,16-17,19-20H,6,8-9,15,18H2,1-5H3,(H,32,33,35)/b34-7-. The third kappa shape index (κ3) is 6.49. The highest BCUT2D eigenvalue weighted by molar-refractivity contribution is 5.96. The van der Waals surface area contributed by atoms with Gasteiger partial charge in [0.2, 0.25) is 0 Å². The van der Waals surface area contributed by atoms with E-state index >= 15 is 4.39 Å². The fourth-order valence-corrected chi connectivity index (χ4v) is 4.27. The van der Waals surface area contributed by atoms with Crippen LogP contribution in [0.4, 0.5) is 15.9 Å². The number of benzene rings is 2. The summed E-state index contributed by atoms with van der Waals surface area (Å²) in [5, 5.41) is 9.91. The number of nitrogens with one attached hydrogen (secondary N) is 1. The summed E-state index contributed by atoms with van der Waals surface area (Å²) in [6, 6.07) is 7.04. The van der Waals surface area contributed by atoms with Crippen molar-refractivity contribution < 1.29 is 13.9 Å². The number of halogens is 1. The minimum Gasteiger partial charge on any atom is -0.492 e. The van der Waals surface area contributed by atoms with Crippen molar-refractivity contribution in [3.05, 3.63) is 71.6 Å². The molecule has 1 atom stereocenters. The number of hydrazone groups is 1. The van der Waals surface area contributed by atoms with Gasteiger partial charge >= 0.3 is 0 Å². The summed E-state index contributed by atoms with van der Waals surface area (Å²) in [7, 11) is 0. The van der Waals surface area contributed by atoms with Crippen LogP contribution < -0.4 is 14.8 Å². The Balaban J connectivity index is 1.58. The molecule has 0 aliphatic carbocycles. The van der Waals surface area contributed by atoms with Crippen LogP contribution in [0.5, 0.6) is 11.5 Å². The number of aryl methyl sites for hydroxylation is 2. The maximum absolute atomic E-state index is 15.3. The Bertz CT molecular complexity index is 1370. The molecule has 7 nitrogen and oxygen atoms in total. The second kappa shape index (κ2) is 12.5. The topological polar surface area (TPSA) is 71.9 Å². The van der Waals surface area contributed by atoms with Crippen LogP contribution >= 0.6 is 0 Å². The summed E-state index contributed by atoms with van der Waals surface area (Å²) in [6.45, 7) is 11.3. The number of fused-ring (bicyclic) bond motifs is 1. The van der Waals surface area contributed by atoms with Gasteiger partial charge in [-0.1, -0.05) is 32.8 Å². The molecular weight excluding hydrogens is 481 g/mol. The fourth-order valence-electron chi connectivity index (χ4n) is 4.27. The molecular formula is C30H36FN5O2. The van der Waals surface area contributed by atoms with Crippen LogP contribution in [0.25, 0.3) is 10.9 Å². The molecule has 1 aliphatic rings. The van der Waals surface area contributed by atoms with E-state index in [1.165, 1.54) is 18.8 Å². The summed E-state index contributed by atoms with van der Waals surface area (Å²) in [5.41, 5.74) is 2.80. The molecule has 38 heavy (non-hydrogen) atoms. The maximum Gasteiger partial charge on any atom is 0.150 e. The van der Waals surface area contributed by atoms with E-state index < -0.39 is 5.82 Å². The Morgan fingerprint density at radius 3 is 2.79 bits per heavy atom. The minimum absolute atomic E-state index is 0.301. The van der Waals surface area contributed by atoms with Gasteiger partial charge in [0, 0.05) is 18.5 Å². The molecule has 2 aromatic carbocycles. The van der Waals surface area contributed by atoms with Crippen molar-refractivity contribution in [2.24, 2.45) is 11.0 Å². The summed E-state index contributed by atoms with van der Waals surface area (Å²) in [6.07, 6.45) is 12.2. The zero-order valence-electron chi connectivity index (χ0n) is 22.8. The number of aromatic nitrogens is 2. The Morgan fingerprint density at radius 2 is 2.05 bits per heavy atom. The predicted octanol–water partition coefficient (Wildman–Crippen LogP) is 7.43. The van der Waals surface area contributed by atoms with Crippen LogP contribution in [0.15, 0.2) is 59.8 Å². The maximum atomic E-state index is 15.3. The first-order valence-electron chi connectivity index (χ1n) is 13.1. The number of anilines is 2. The van der Waals surface area contributed by atoms with Gasteiger partial charge in [0.25, 0.3) is 0 Å². The Labute approximate surface area is 224 Å². The predicted molar refractivity (Wildman–Crippen MR) is 152 cm³/mol. The van der Waals surface area contributed by atoms with Crippen LogP contribution in [0.2, 0.25) is 0 Å². The summed E-state index contributed by atoms with van der Waals surface area (Å²) in [4.78, 5) is 8.88. The number of allylic oxidation sites excluding steroid dienone is 1. The van der Waals surface area contributed by atoms with Gasteiger partial charge < -0.3 is 14.8 Å². The monoisotopic (exact) mass is 517 g/mol. The Kier molecular flexibility index (Phi) is 8.94. The highest BCUT2D eigenvalue weighted by Crippen LogP contribution is 2.36. The molecule has 1 N–H and O–H groups in total. The molecule has 200 valence electrons. The quantitative estimate of drug-likeness (QED) is 0.267. The molecule has 8 heteroatoms. The molecule has 3 aromatic rings. The molecule has 0 fully saturated rings. The first-order chi connectivity index (χ1) is 18.4. The van der Waals surface area contributed by atoms with Crippen LogP contribution in [-0.4, -0.2) is 34.3 Å². The lowest BCUT2D eigenvalue weighted by Gasteiger charge is -2.19. The van der Waals surface area contributed by atoms with E-state index in [0.29, 0.717) is 42.1 Å². The second-order valence-electron chi connectivity index (χ2n) is 9.63. The third-order valence-electron chi connectivity index (χ3n) is 6.42. The summed E-state index contributed by atoms with van der Waals surface area (Å²) >= 11 is 0. The van der Waals surface area contributed by atoms with Gasteiger partial charge in [0.1, 0.15) is 35.2 Å². The van der Waals surface area contributed by atoms with Gasteiger partial charge in [-0.15, -0.1) is 0 Å². The van der Waals surface area contributed by atoms with E-state index in [9.17, 15) is 0 Å². The van der Waals surface area contributed by atoms with Crippen molar-refractivity contribution in [3.8, 4) is 11.5 Å². The summed E-state index contributed by atoms with van der Waals surface area (Å²) in [5.74, 6) is 2.29. The van der Waals surface area contributed by atoms with Crippen LogP contribution in [0, 0.1) is 25.6 Å². The van der Waals surface area contributed by atoms with Gasteiger partial charge in [-0.3, -0.25) is 5.01 Å². The fraction of sp³-hybridized carbons (Fsp3) is 0.367. The molecule has 0 bridgehead atoms. The minimum atomic E-state index is -0.446. The molecule has 1 unspecified atom stereocenters. The highest BCUT2D eigenvalue weighted by Gasteiger charge is 2.17. The summed E-state index contributed by atoms with van der Waals surface area (Å²) < 4.78 is 27.6. The number of hydrogen-bond donors (Lipinski definition) is 1. The van der Waals surface area contributed by atoms with Crippen molar-refractivity contribution in [1.82, 2.24) is 15.0 Å². The van der Waals surface area contributed by atoms with Crippen molar-refractivity contribution in [2.45, 2.75) is 53.9 Å². The van der Waals surface area contributed by atoms with Gasteiger partial charge in [0.05, 0.1) is 29.7 Å². The van der Waals surface area contributed by atoms with E-state index in [2.05, 4.69) is 34.2 Å². The third-order valence-corrected chi connectivity index (χ3v) is 6.42. The van der Waals surface area contributed by atoms with Gasteiger partial charge in [-0.05, 0) is 68.5 Å². The van der Waals surface area contributed by atoms with Crippen molar-refractivity contribution in [3.63, 3.8) is 0 Å². The molecule has 0 saturated carbocycles. The lowest BCUT2D eigenvalue weighted by atomic mass is 10.1. The normalized spacial score (nSPS) is 14.2. The first kappa shape index (κ1) is 27.1. The smallest absolute Gasteiger partial charge is 0.150 e. The zero-order valence-corrected chi connectivity index (χ0v) is 22.8. The Hall–Kier alpha value is -3.94. The zero-order chi connectivity index (χ0) is 27.1. The molecule has 4 rings (SSSR count). The van der Waals surface area contributed by atoms with Crippen LogP contribution in [0.3, 0.4) is 0 Å². The SMILES string of the molecule is C/C=N\N1C=CC(Oc2cc(F)c(Nc3ncnc4ccc(C)c(OCC(C)CCCC)c34)cc2C)=CC1. The van der Waals surface area contributed by atoms with Crippen LogP contribution in [0.1, 0.15) is 51.2 Å². The molecule has 0 radical (unpaired) electrons. The van der Waals surface area contributed by atoms with E-state index in [4.69, 9.17) is 9.47 Å². The first-order valence-corrected chi connectivity index (χ1v) is 13.1. The number of unbranched alkanes of at least 4 members (excludes halogenated alkanes) is 1. The molecule has 1 aliphatic heterocycles. The van der Waals surface area contributed by atoms with E-state index in [-0.39, 0.29) is 0 Å². The lowest BCUT2D eigenvalue weighted by Crippen LogP contribution is -2.15. The average molecular weight is 518 g/mol. The molecule has 0 amide bonds. The van der Waals surface area contributed by atoms with E-state index in [0.717, 1.165) is 40.6 Å². The van der Waals surface area contributed by atoms with Crippen molar-refractivity contribution in [1.29, 1.82) is 0 Å². The second-order valence-corrected chi connectivity index (χ2v) is 9.63.